The van der Waals surface area contributed by atoms with Gasteiger partial charge in [0, 0.05) is 45.5 Å². The fourth-order valence-electron chi connectivity index (χ4n) is 3.71. The summed E-state index contributed by atoms with van der Waals surface area (Å²) in [6, 6.07) is 4.16. The third-order valence-electron chi connectivity index (χ3n) is 4.90. The number of fused-ring (bicyclic) bond motifs is 1. The van der Waals surface area contributed by atoms with Gasteiger partial charge in [0.25, 0.3) is 0 Å². The summed E-state index contributed by atoms with van der Waals surface area (Å²) >= 11 is 9.86. The summed E-state index contributed by atoms with van der Waals surface area (Å²) in [5.74, 6) is -0.342. The molecular formula is C17H16BrClN2O2. The summed E-state index contributed by atoms with van der Waals surface area (Å²) < 4.78 is 14.9. The molecule has 0 atom stereocenters. The molecule has 1 aliphatic carbocycles. The van der Waals surface area contributed by atoms with Gasteiger partial charge in [0.15, 0.2) is 5.79 Å². The Morgan fingerprint density at radius 1 is 1.26 bits per heavy atom. The standard InChI is InChI=1S/C17H16BrClN2O2/c1-20-15-8-12-13(18)10-21(16(12)9-14(15)19)11-2-4-17(5-3-11)22-6-7-23-17/h8-11H,2-7H2. The molecule has 0 radical (unpaired) electrons. The quantitative estimate of drug-likeness (QED) is 0.599. The highest BCUT2D eigenvalue weighted by molar-refractivity contribution is 9.10. The van der Waals surface area contributed by atoms with Crippen molar-refractivity contribution in [2.75, 3.05) is 13.2 Å². The number of rotatable bonds is 1. The van der Waals surface area contributed by atoms with Gasteiger partial charge in [-0.3, -0.25) is 0 Å². The second-order valence-electron chi connectivity index (χ2n) is 6.16. The largest absolute Gasteiger partial charge is 0.348 e. The Morgan fingerprint density at radius 3 is 2.61 bits per heavy atom. The summed E-state index contributed by atoms with van der Waals surface area (Å²) in [7, 11) is 0. The summed E-state index contributed by atoms with van der Waals surface area (Å²) in [6.45, 7) is 8.63. The second-order valence-corrected chi connectivity index (χ2v) is 7.42. The minimum Gasteiger partial charge on any atom is -0.348 e. The van der Waals surface area contributed by atoms with Crippen molar-refractivity contribution in [3.8, 4) is 0 Å². The van der Waals surface area contributed by atoms with Crippen molar-refractivity contribution in [1.82, 2.24) is 4.57 Å². The number of benzene rings is 1. The normalized spacial score (nSPS) is 21.1. The van der Waals surface area contributed by atoms with Crippen LogP contribution in [0.1, 0.15) is 31.7 Å². The van der Waals surface area contributed by atoms with Crippen LogP contribution < -0.4 is 0 Å². The smallest absolute Gasteiger partial charge is 0.206 e. The van der Waals surface area contributed by atoms with E-state index in [1.165, 1.54) is 0 Å². The van der Waals surface area contributed by atoms with Gasteiger partial charge >= 0.3 is 0 Å². The van der Waals surface area contributed by atoms with Crippen LogP contribution in [0.3, 0.4) is 0 Å². The van der Waals surface area contributed by atoms with Crippen molar-refractivity contribution in [3.05, 3.63) is 39.2 Å². The molecule has 4 nitrogen and oxygen atoms in total. The zero-order chi connectivity index (χ0) is 16.0. The molecule has 1 aromatic carbocycles. The number of nitrogens with zero attached hydrogens (tertiary/aromatic N) is 2. The van der Waals surface area contributed by atoms with Gasteiger partial charge in [-0.1, -0.05) is 11.6 Å². The molecule has 2 heterocycles. The molecule has 2 aliphatic rings. The molecule has 23 heavy (non-hydrogen) atoms. The van der Waals surface area contributed by atoms with Gasteiger partial charge in [0.1, 0.15) is 0 Å². The molecular weight excluding hydrogens is 380 g/mol. The topological polar surface area (TPSA) is 27.8 Å². The fourth-order valence-corrected chi connectivity index (χ4v) is 4.45. The number of ether oxygens (including phenoxy) is 2. The van der Waals surface area contributed by atoms with Gasteiger partial charge in [-0.05, 0) is 40.9 Å². The van der Waals surface area contributed by atoms with Gasteiger partial charge < -0.3 is 14.0 Å². The molecule has 1 aromatic heterocycles. The van der Waals surface area contributed by atoms with E-state index in [4.69, 9.17) is 27.6 Å². The first kappa shape index (κ1) is 15.5. The van der Waals surface area contributed by atoms with Crippen LogP contribution in [0.2, 0.25) is 5.02 Å². The Hall–Kier alpha value is -1.06. The summed E-state index contributed by atoms with van der Waals surface area (Å²) in [5, 5.41) is 1.54. The number of hydrogen-bond acceptors (Lipinski definition) is 2. The molecule has 0 unspecified atom stereocenters. The lowest BCUT2D eigenvalue weighted by Crippen LogP contribution is -2.35. The molecule has 1 aliphatic heterocycles. The molecule has 2 fully saturated rings. The molecule has 120 valence electrons. The molecule has 0 amide bonds. The maximum Gasteiger partial charge on any atom is 0.206 e. The van der Waals surface area contributed by atoms with E-state index in [0.717, 1.165) is 41.1 Å². The average Bonchev–Trinajstić information content (AvgIpc) is 3.13. The van der Waals surface area contributed by atoms with Gasteiger partial charge in [0.05, 0.1) is 19.8 Å². The number of aromatic nitrogens is 1. The van der Waals surface area contributed by atoms with E-state index in [1.54, 1.807) is 0 Å². The van der Waals surface area contributed by atoms with E-state index in [-0.39, 0.29) is 5.79 Å². The fraction of sp³-hybridized carbons (Fsp3) is 0.471. The lowest BCUT2D eigenvalue weighted by atomic mass is 9.90. The molecule has 4 rings (SSSR count). The van der Waals surface area contributed by atoms with E-state index >= 15 is 0 Å². The van der Waals surface area contributed by atoms with E-state index in [1.807, 2.05) is 12.1 Å². The molecule has 1 saturated heterocycles. The lowest BCUT2D eigenvalue weighted by Gasteiger charge is -2.36. The first-order valence-electron chi connectivity index (χ1n) is 7.77. The third kappa shape index (κ3) is 2.58. The van der Waals surface area contributed by atoms with Crippen LogP contribution in [0.5, 0.6) is 0 Å². The lowest BCUT2D eigenvalue weighted by molar-refractivity contribution is -0.181. The Morgan fingerprint density at radius 2 is 1.96 bits per heavy atom. The molecule has 2 aromatic rings. The predicted molar refractivity (Wildman–Crippen MR) is 93.1 cm³/mol. The summed E-state index contributed by atoms with van der Waals surface area (Å²) in [6.07, 6.45) is 5.97. The van der Waals surface area contributed by atoms with Crippen LogP contribution in [0, 0.1) is 6.57 Å². The van der Waals surface area contributed by atoms with E-state index in [2.05, 4.69) is 31.5 Å². The van der Waals surface area contributed by atoms with Crippen molar-refractivity contribution in [1.29, 1.82) is 0 Å². The van der Waals surface area contributed by atoms with Crippen molar-refractivity contribution >= 4 is 44.1 Å². The molecule has 1 saturated carbocycles. The average molecular weight is 396 g/mol. The van der Waals surface area contributed by atoms with E-state index < -0.39 is 0 Å². The molecule has 0 bridgehead atoms. The van der Waals surface area contributed by atoms with Crippen LogP contribution in [0.25, 0.3) is 15.7 Å². The zero-order valence-electron chi connectivity index (χ0n) is 12.5. The Labute approximate surface area is 148 Å². The van der Waals surface area contributed by atoms with Gasteiger partial charge in [-0.2, -0.15) is 0 Å². The van der Waals surface area contributed by atoms with Crippen LogP contribution in [0.4, 0.5) is 5.69 Å². The first-order chi connectivity index (χ1) is 11.1. The minimum absolute atomic E-state index is 0.342. The molecule has 6 heteroatoms. The van der Waals surface area contributed by atoms with Crippen molar-refractivity contribution in [2.24, 2.45) is 0 Å². The third-order valence-corrected chi connectivity index (χ3v) is 5.83. The van der Waals surface area contributed by atoms with Gasteiger partial charge in [-0.15, -0.1) is 0 Å². The van der Waals surface area contributed by atoms with Crippen molar-refractivity contribution in [2.45, 2.75) is 37.5 Å². The number of hydrogen-bond donors (Lipinski definition) is 0. The van der Waals surface area contributed by atoms with Crippen molar-refractivity contribution in [3.63, 3.8) is 0 Å². The van der Waals surface area contributed by atoms with Gasteiger partial charge in [0.2, 0.25) is 5.69 Å². The summed E-state index contributed by atoms with van der Waals surface area (Å²) in [5.41, 5.74) is 1.57. The van der Waals surface area contributed by atoms with Crippen molar-refractivity contribution < 1.29 is 9.47 Å². The monoisotopic (exact) mass is 394 g/mol. The highest BCUT2D eigenvalue weighted by Gasteiger charge is 2.40. The zero-order valence-corrected chi connectivity index (χ0v) is 14.9. The van der Waals surface area contributed by atoms with E-state index in [9.17, 15) is 0 Å². The highest BCUT2D eigenvalue weighted by atomic mass is 79.9. The summed E-state index contributed by atoms with van der Waals surface area (Å²) in [4.78, 5) is 3.49. The Balaban J connectivity index is 1.67. The van der Waals surface area contributed by atoms with Crippen LogP contribution >= 0.6 is 27.5 Å². The Kier molecular flexibility index (Phi) is 3.89. The highest BCUT2D eigenvalue weighted by Crippen LogP contribution is 2.43. The predicted octanol–water partition coefficient (Wildman–Crippen LogP) is 5.47. The SMILES string of the molecule is [C-]#[N+]c1cc2c(Br)cn(C3CCC4(CC3)OCCO4)c2cc1Cl. The molecule has 0 N–H and O–H groups in total. The first-order valence-corrected chi connectivity index (χ1v) is 8.94. The molecule has 1 spiro atoms. The minimum atomic E-state index is -0.342. The Bertz CT molecular complexity index is 795. The van der Waals surface area contributed by atoms with Crippen LogP contribution in [-0.4, -0.2) is 23.6 Å². The maximum absolute atomic E-state index is 7.22. The van der Waals surface area contributed by atoms with Crippen LogP contribution in [-0.2, 0) is 9.47 Å². The van der Waals surface area contributed by atoms with Gasteiger partial charge in [-0.25, -0.2) is 4.85 Å². The van der Waals surface area contributed by atoms with E-state index in [0.29, 0.717) is 30.0 Å². The second kappa shape index (κ2) is 5.78. The maximum atomic E-state index is 7.22. The van der Waals surface area contributed by atoms with Crippen LogP contribution in [0.15, 0.2) is 22.8 Å². The number of halogens is 2.